The number of thioether (sulfide) groups is 1. The summed E-state index contributed by atoms with van der Waals surface area (Å²) in [6.45, 7) is 4.93. The Morgan fingerprint density at radius 2 is 1.73 bits per heavy atom. The SMILES string of the molecule is CC1CCCC(C)N1C(=O)COc1ccc(C(=O)N2CCSc3ccccc32)cc1. The highest BCUT2D eigenvalue weighted by Gasteiger charge is 2.29. The van der Waals surface area contributed by atoms with Gasteiger partial charge in [-0.3, -0.25) is 9.59 Å². The maximum absolute atomic E-state index is 13.0. The number of anilines is 1. The third-order valence-electron chi connectivity index (χ3n) is 5.92. The highest BCUT2D eigenvalue weighted by atomic mass is 32.2. The van der Waals surface area contributed by atoms with E-state index < -0.39 is 0 Å². The molecule has 2 aliphatic heterocycles. The Kier molecular flexibility index (Phi) is 6.32. The highest BCUT2D eigenvalue weighted by Crippen LogP contribution is 2.35. The lowest BCUT2D eigenvalue weighted by molar-refractivity contribution is -0.139. The first-order valence-corrected chi connectivity index (χ1v) is 11.6. The lowest BCUT2D eigenvalue weighted by atomic mass is 9.97. The Balaban J connectivity index is 1.39. The third kappa shape index (κ3) is 4.33. The summed E-state index contributed by atoms with van der Waals surface area (Å²) in [5.74, 6) is 1.50. The van der Waals surface area contributed by atoms with Crippen LogP contribution in [0.25, 0.3) is 0 Å². The normalized spacial score (nSPS) is 21.1. The van der Waals surface area contributed by atoms with Gasteiger partial charge in [-0.05, 0) is 69.5 Å². The zero-order valence-electron chi connectivity index (χ0n) is 17.5. The van der Waals surface area contributed by atoms with Crippen LogP contribution in [0.4, 0.5) is 5.69 Å². The highest BCUT2D eigenvalue weighted by molar-refractivity contribution is 7.99. The van der Waals surface area contributed by atoms with Crippen molar-refractivity contribution in [1.29, 1.82) is 0 Å². The van der Waals surface area contributed by atoms with Crippen molar-refractivity contribution in [3.63, 3.8) is 0 Å². The number of fused-ring (bicyclic) bond motifs is 1. The molecule has 2 heterocycles. The van der Waals surface area contributed by atoms with Gasteiger partial charge in [-0.2, -0.15) is 0 Å². The predicted octanol–water partition coefficient (Wildman–Crippen LogP) is 4.61. The van der Waals surface area contributed by atoms with E-state index in [9.17, 15) is 9.59 Å². The Hall–Kier alpha value is -2.47. The van der Waals surface area contributed by atoms with Gasteiger partial charge >= 0.3 is 0 Å². The monoisotopic (exact) mass is 424 g/mol. The van der Waals surface area contributed by atoms with Crippen molar-refractivity contribution in [3.8, 4) is 5.75 Å². The first-order chi connectivity index (χ1) is 14.5. The summed E-state index contributed by atoms with van der Waals surface area (Å²) in [4.78, 5) is 30.6. The molecule has 2 aromatic rings. The molecule has 2 unspecified atom stereocenters. The van der Waals surface area contributed by atoms with Crippen LogP contribution in [0.3, 0.4) is 0 Å². The number of likely N-dealkylation sites (tertiary alicyclic amines) is 1. The number of carbonyl (C=O) groups is 2. The van der Waals surface area contributed by atoms with E-state index in [-0.39, 0.29) is 30.5 Å². The van der Waals surface area contributed by atoms with Crippen LogP contribution in [0, 0.1) is 0 Å². The van der Waals surface area contributed by atoms with Gasteiger partial charge in [0.05, 0.1) is 5.69 Å². The van der Waals surface area contributed by atoms with Crippen molar-refractivity contribution in [2.75, 3.05) is 23.8 Å². The second-order valence-electron chi connectivity index (χ2n) is 8.02. The maximum atomic E-state index is 13.0. The number of rotatable bonds is 4. The molecule has 1 saturated heterocycles. The van der Waals surface area contributed by atoms with Gasteiger partial charge in [-0.1, -0.05) is 12.1 Å². The van der Waals surface area contributed by atoms with Crippen molar-refractivity contribution in [1.82, 2.24) is 4.90 Å². The molecule has 2 aliphatic rings. The number of benzene rings is 2. The Morgan fingerprint density at radius 1 is 1.03 bits per heavy atom. The van der Waals surface area contributed by atoms with Gasteiger partial charge in [0.2, 0.25) is 0 Å². The number of ether oxygens (including phenoxy) is 1. The van der Waals surface area contributed by atoms with Crippen molar-refractivity contribution < 1.29 is 14.3 Å². The van der Waals surface area contributed by atoms with Crippen molar-refractivity contribution >= 4 is 29.3 Å². The molecule has 0 bridgehead atoms. The molecular weight excluding hydrogens is 396 g/mol. The molecular formula is C24H28N2O3S. The van der Waals surface area contributed by atoms with E-state index in [2.05, 4.69) is 19.9 Å². The van der Waals surface area contributed by atoms with Crippen LogP contribution in [0.2, 0.25) is 0 Å². The zero-order valence-corrected chi connectivity index (χ0v) is 18.4. The van der Waals surface area contributed by atoms with Crippen LogP contribution in [-0.2, 0) is 4.79 Å². The zero-order chi connectivity index (χ0) is 21.1. The lowest BCUT2D eigenvalue weighted by Gasteiger charge is -2.38. The molecule has 30 heavy (non-hydrogen) atoms. The van der Waals surface area contributed by atoms with Gasteiger partial charge in [0.1, 0.15) is 5.75 Å². The smallest absolute Gasteiger partial charge is 0.260 e. The van der Waals surface area contributed by atoms with Crippen LogP contribution in [0.15, 0.2) is 53.4 Å². The van der Waals surface area contributed by atoms with E-state index in [0.717, 1.165) is 29.2 Å². The number of piperidine rings is 1. The van der Waals surface area contributed by atoms with Crippen molar-refractivity contribution in [3.05, 3.63) is 54.1 Å². The molecule has 4 rings (SSSR count). The Morgan fingerprint density at radius 3 is 2.47 bits per heavy atom. The van der Waals surface area contributed by atoms with Crippen molar-refractivity contribution in [2.24, 2.45) is 0 Å². The number of hydrogen-bond acceptors (Lipinski definition) is 4. The minimum absolute atomic E-state index is 0.0126. The van der Waals surface area contributed by atoms with E-state index >= 15 is 0 Å². The van der Waals surface area contributed by atoms with Crippen LogP contribution >= 0.6 is 11.8 Å². The summed E-state index contributed by atoms with van der Waals surface area (Å²) < 4.78 is 5.73. The number of hydrogen-bond donors (Lipinski definition) is 0. The lowest BCUT2D eigenvalue weighted by Crippen LogP contribution is -2.49. The minimum Gasteiger partial charge on any atom is -0.484 e. The molecule has 0 aromatic heterocycles. The number of para-hydroxylation sites is 1. The Labute approximate surface area is 182 Å². The molecule has 158 valence electrons. The van der Waals surface area contributed by atoms with Crippen LogP contribution in [0.5, 0.6) is 5.75 Å². The fraction of sp³-hybridized carbons (Fsp3) is 0.417. The molecule has 0 saturated carbocycles. The molecule has 6 heteroatoms. The van der Waals surface area contributed by atoms with Gasteiger partial charge in [-0.15, -0.1) is 11.8 Å². The molecule has 2 atom stereocenters. The number of carbonyl (C=O) groups excluding carboxylic acids is 2. The summed E-state index contributed by atoms with van der Waals surface area (Å²) in [5.41, 5.74) is 1.59. The van der Waals surface area contributed by atoms with Gasteiger partial charge in [-0.25, -0.2) is 0 Å². The quantitative estimate of drug-likeness (QED) is 0.719. The molecule has 2 aromatic carbocycles. The molecule has 1 fully saturated rings. The van der Waals surface area contributed by atoms with Crippen molar-refractivity contribution in [2.45, 2.75) is 50.1 Å². The van der Waals surface area contributed by atoms with E-state index in [1.54, 1.807) is 36.0 Å². The standard InChI is InChI=1S/C24H28N2O3S/c1-17-6-5-7-18(2)26(17)23(27)16-29-20-12-10-19(11-13-20)24(28)25-14-15-30-22-9-4-3-8-21(22)25/h3-4,8-13,17-18H,5-7,14-16H2,1-2H3. The van der Waals surface area contributed by atoms with Crippen LogP contribution in [0.1, 0.15) is 43.5 Å². The fourth-order valence-electron chi connectivity index (χ4n) is 4.36. The summed E-state index contributed by atoms with van der Waals surface area (Å²) >= 11 is 1.78. The second kappa shape index (κ2) is 9.13. The van der Waals surface area contributed by atoms with Crippen LogP contribution < -0.4 is 9.64 Å². The van der Waals surface area contributed by atoms with Gasteiger partial charge in [0.25, 0.3) is 11.8 Å². The Bertz CT molecular complexity index is 905. The molecule has 0 radical (unpaired) electrons. The van der Waals surface area contributed by atoms with E-state index in [1.807, 2.05) is 28.0 Å². The van der Waals surface area contributed by atoms with E-state index in [4.69, 9.17) is 4.74 Å². The summed E-state index contributed by atoms with van der Waals surface area (Å²) in [7, 11) is 0. The predicted molar refractivity (Wildman–Crippen MR) is 120 cm³/mol. The average molecular weight is 425 g/mol. The largest absolute Gasteiger partial charge is 0.484 e. The molecule has 2 amide bonds. The fourth-order valence-corrected chi connectivity index (χ4v) is 5.36. The molecule has 0 N–H and O–H groups in total. The van der Waals surface area contributed by atoms with Gasteiger partial charge in [0, 0.05) is 34.8 Å². The molecule has 5 nitrogen and oxygen atoms in total. The van der Waals surface area contributed by atoms with Gasteiger partial charge in [0.15, 0.2) is 6.61 Å². The van der Waals surface area contributed by atoms with Crippen LogP contribution in [-0.4, -0.2) is 47.7 Å². The molecule has 0 aliphatic carbocycles. The first kappa shape index (κ1) is 20.8. The number of amides is 2. The maximum Gasteiger partial charge on any atom is 0.260 e. The number of nitrogens with zero attached hydrogens (tertiary/aromatic N) is 2. The summed E-state index contributed by atoms with van der Waals surface area (Å²) in [5, 5.41) is 0. The molecule has 0 spiro atoms. The third-order valence-corrected chi connectivity index (χ3v) is 6.96. The van der Waals surface area contributed by atoms with Gasteiger partial charge < -0.3 is 14.5 Å². The average Bonchev–Trinajstić information content (AvgIpc) is 2.77. The minimum atomic E-state index is -0.0126. The first-order valence-electron chi connectivity index (χ1n) is 10.6. The van der Waals surface area contributed by atoms with E-state index in [0.29, 0.717) is 17.9 Å². The second-order valence-corrected chi connectivity index (χ2v) is 9.15. The topological polar surface area (TPSA) is 49.9 Å². The summed E-state index contributed by atoms with van der Waals surface area (Å²) in [6, 6.07) is 15.6. The van der Waals surface area contributed by atoms with E-state index in [1.165, 1.54) is 6.42 Å². The summed E-state index contributed by atoms with van der Waals surface area (Å²) in [6.07, 6.45) is 3.26.